The standard InChI is InChI=1S/C31H27ClN4O2S/c32-27-15-6-5-10-23(27)21-38-26-14-9-11-22(18-26)29-24(20-36(34-29)25-12-3-1-4-13-25)19-28-30(37)33-31(39-28)35-16-7-2-8-17-35/h1,3-6,9-15,18-20H,2,7-8,16-17,21H2/b28-19-. The van der Waals surface area contributed by atoms with Crippen LogP contribution in [-0.2, 0) is 11.4 Å². The van der Waals surface area contributed by atoms with Gasteiger partial charge in [0.15, 0.2) is 5.17 Å². The Balaban J connectivity index is 1.31. The fraction of sp³-hybridized carbons (Fsp3) is 0.194. The lowest BCUT2D eigenvalue weighted by atomic mass is 10.1. The first-order chi connectivity index (χ1) is 19.1. The molecule has 1 fully saturated rings. The molecule has 0 radical (unpaired) electrons. The molecule has 0 unspecified atom stereocenters. The van der Waals surface area contributed by atoms with Crippen LogP contribution < -0.4 is 4.74 Å². The number of ether oxygens (including phenoxy) is 1. The van der Waals surface area contributed by atoms with E-state index in [1.165, 1.54) is 18.2 Å². The smallest absolute Gasteiger partial charge is 0.286 e. The first kappa shape index (κ1) is 25.5. The van der Waals surface area contributed by atoms with Crippen molar-refractivity contribution in [3.8, 4) is 22.7 Å². The highest BCUT2D eigenvalue weighted by atomic mass is 35.5. The van der Waals surface area contributed by atoms with Crippen LogP contribution in [0.5, 0.6) is 5.75 Å². The fourth-order valence-electron chi connectivity index (χ4n) is 4.70. The van der Waals surface area contributed by atoms with Crippen LogP contribution in [0.1, 0.15) is 30.4 Å². The summed E-state index contributed by atoms with van der Waals surface area (Å²) in [7, 11) is 0. The first-order valence-corrected chi connectivity index (χ1v) is 14.2. The Labute approximate surface area is 237 Å². The first-order valence-electron chi connectivity index (χ1n) is 13.0. The van der Waals surface area contributed by atoms with Gasteiger partial charge in [-0.25, -0.2) is 4.68 Å². The van der Waals surface area contributed by atoms with Crippen molar-refractivity contribution in [2.24, 2.45) is 4.99 Å². The molecule has 1 saturated heterocycles. The maximum atomic E-state index is 12.9. The summed E-state index contributed by atoms with van der Waals surface area (Å²) in [4.78, 5) is 20.1. The van der Waals surface area contributed by atoms with E-state index in [9.17, 15) is 4.79 Å². The number of nitrogens with zero attached hydrogens (tertiary/aromatic N) is 4. The van der Waals surface area contributed by atoms with Crippen molar-refractivity contribution in [2.75, 3.05) is 13.1 Å². The number of amides is 1. The van der Waals surface area contributed by atoms with Gasteiger partial charge in [0.05, 0.1) is 10.6 Å². The minimum atomic E-state index is -0.198. The number of para-hydroxylation sites is 1. The second kappa shape index (κ2) is 11.5. The summed E-state index contributed by atoms with van der Waals surface area (Å²) < 4.78 is 7.92. The lowest BCUT2D eigenvalue weighted by Gasteiger charge is -2.27. The van der Waals surface area contributed by atoms with Gasteiger partial charge in [-0.05, 0) is 67.4 Å². The predicted molar refractivity (Wildman–Crippen MR) is 158 cm³/mol. The highest BCUT2D eigenvalue weighted by Gasteiger charge is 2.27. The molecule has 39 heavy (non-hydrogen) atoms. The van der Waals surface area contributed by atoms with Crippen molar-refractivity contribution in [3.63, 3.8) is 0 Å². The number of hydrogen-bond donors (Lipinski definition) is 0. The molecular formula is C31H27ClN4O2S. The van der Waals surface area contributed by atoms with E-state index in [0.29, 0.717) is 22.3 Å². The maximum absolute atomic E-state index is 12.9. The minimum absolute atomic E-state index is 0.198. The van der Waals surface area contributed by atoms with Crippen LogP contribution in [0.15, 0.2) is 95.0 Å². The van der Waals surface area contributed by atoms with Gasteiger partial charge in [0.2, 0.25) is 0 Å². The Bertz CT molecular complexity index is 1560. The summed E-state index contributed by atoms with van der Waals surface area (Å²) in [6.45, 7) is 2.26. The van der Waals surface area contributed by atoms with Crippen LogP contribution in [0.2, 0.25) is 5.02 Å². The number of hydrogen-bond acceptors (Lipinski definition) is 5. The zero-order valence-corrected chi connectivity index (χ0v) is 22.9. The Morgan fingerprint density at radius 2 is 1.74 bits per heavy atom. The molecule has 0 aliphatic carbocycles. The van der Waals surface area contributed by atoms with Crippen molar-refractivity contribution in [3.05, 3.63) is 106 Å². The molecular weight excluding hydrogens is 528 g/mol. The number of thioether (sulfide) groups is 1. The Kier molecular flexibility index (Phi) is 7.52. The molecule has 0 atom stereocenters. The number of rotatable bonds is 6. The number of aromatic nitrogens is 2. The molecule has 4 aromatic rings. The van der Waals surface area contributed by atoms with E-state index in [1.54, 1.807) is 0 Å². The van der Waals surface area contributed by atoms with Crippen LogP contribution in [0.3, 0.4) is 0 Å². The van der Waals surface area contributed by atoms with Crippen LogP contribution in [0.4, 0.5) is 0 Å². The summed E-state index contributed by atoms with van der Waals surface area (Å²) in [6, 6.07) is 25.4. The highest BCUT2D eigenvalue weighted by molar-refractivity contribution is 8.18. The van der Waals surface area contributed by atoms with Crippen molar-refractivity contribution >= 4 is 40.5 Å². The van der Waals surface area contributed by atoms with E-state index in [2.05, 4.69) is 9.89 Å². The fourth-order valence-corrected chi connectivity index (χ4v) is 5.85. The third kappa shape index (κ3) is 5.79. The second-order valence-electron chi connectivity index (χ2n) is 9.48. The summed E-state index contributed by atoms with van der Waals surface area (Å²) in [6.07, 6.45) is 7.37. The van der Waals surface area contributed by atoms with E-state index in [0.717, 1.165) is 59.2 Å². The topological polar surface area (TPSA) is 59.7 Å². The van der Waals surface area contributed by atoms with Crippen LogP contribution in [-0.4, -0.2) is 38.8 Å². The maximum Gasteiger partial charge on any atom is 0.286 e. The van der Waals surface area contributed by atoms with Gasteiger partial charge < -0.3 is 9.64 Å². The van der Waals surface area contributed by atoms with Crippen molar-refractivity contribution < 1.29 is 9.53 Å². The van der Waals surface area contributed by atoms with Gasteiger partial charge in [0.25, 0.3) is 5.91 Å². The lowest BCUT2D eigenvalue weighted by Crippen LogP contribution is -2.33. The Morgan fingerprint density at radius 3 is 2.56 bits per heavy atom. The summed E-state index contributed by atoms with van der Waals surface area (Å²) >= 11 is 7.76. The quantitative estimate of drug-likeness (QED) is 0.235. The number of likely N-dealkylation sites (tertiary alicyclic amines) is 1. The van der Waals surface area contributed by atoms with Crippen LogP contribution >= 0.6 is 23.4 Å². The molecule has 2 aliphatic heterocycles. The molecule has 8 heteroatoms. The van der Waals surface area contributed by atoms with E-state index in [1.807, 2.05) is 95.8 Å². The zero-order chi connectivity index (χ0) is 26.6. The molecule has 1 aromatic heterocycles. The van der Waals surface area contributed by atoms with Gasteiger partial charge in [0.1, 0.15) is 18.1 Å². The SMILES string of the molecule is O=C1N=C(N2CCCCC2)S/C1=C\c1cn(-c2ccccc2)nc1-c1cccc(OCc2ccccc2Cl)c1. The molecule has 2 aliphatic rings. The molecule has 1 amide bonds. The number of amidine groups is 1. The highest BCUT2D eigenvalue weighted by Crippen LogP contribution is 2.35. The van der Waals surface area contributed by atoms with E-state index in [4.69, 9.17) is 21.4 Å². The zero-order valence-electron chi connectivity index (χ0n) is 21.3. The Morgan fingerprint density at radius 1 is 0.949 bits per heavy atom. The van der Waals surface area contributed by atoms with Gasteiger partial charge in [-0.3, -0.25) is 4.79 Å². The number of halogens is 1. The van der Waals surface area contributed by atoms with Crippen LogP contribution in [0.25, 0.3) is 23.0 Å². The largest absolute Gasteiger partial charge is 0.489 e. The molecule has 6 nitrogen and oxygen atoms in total. The number of benzene rings is 3. The lowest BCUT2D eigenvalue weighted by molar-refractivity contribution is -0.113. The minimum Gasteiger partial charge on any atom is -0.489 e. The second-order valence-corrected chi connectivity index (χ2v) is 10.9. The molecule has 196 valence electrons. The van der Waals surface area contributed by atoms with Gasteiger partial charge in [0, 0.05) is 41.0 Å². The van der Waals surface area contributed by atoms with Crippen molar-refractivity contribution in [1.29, 1.82) is 0 Å². The molecule has 3 aromatic carbocycles. The molecule has 0 N–H and O–H groups in total. The van der Waals surface area contributed by atoms with E-state index in [-0.39, 0.29) is 5.91 Å². The molecule has 0 saturated carbocycles. The van der Waals surface area contributed by atoms with Crippen molar-refractivity contribution in [1.82, 2.24) is 14.7 Å². The number of aliphatic imine (C=N–C) groups is 1. The Hall–Kier alpha value is -3.81. The van der Waals surface area contributed by atoms with Gasteiger partial charge in [-0.1, -0.05) is 60.1 Å². The summed E-state index contributed by atoms with van der Waals surface area (Å²) in [5.74, 6) is 0.512. The summed E-state index contributed by atoms with van der Waals surface area (Å²) in [5, 5.41) is 6.41. The average Bonchev–Trinajstić information content (AvgIpc) is 3.57. The van der Waals surface area contributed by atoms with E-state index < -0.39 is 0 Å². The molecule has 3 heterocycles. The molecule has 0 bridgehead atoms. The molecule has 0 spiro atoms. The van der Waals surface area contributed by atoms with E-state index >= 15 is 0 Å². The normalized spacial score (nSPS) is 16.5. The average molecular weight is 555 g/mol. The van der Waals surface area contributed by atoms with Gasteiger partial charge in [-0.2, -0.15) is 10.1 Å². The van der Waals surface area contributed by atoms with Gasteiger partial charge >= 0.3 is 0 Å². The number of carbonyl (C=O) groups excluding carboxylic acids is 1. The summed E-state index contributed by atoms with van der Waals surface area (Å²) in [5.41, 5.74) is 4.35. The predicted octanol–water partition coefficient (Wildman–Crippen LogP) is 7.23. The third-order valence-corrected chi connectivity index (χ3v) is 8.16. The van der Waals surface area contributed by atoms with Gasteiger partial charge in [-0.15, -0.1) is 0 Å². The third-order valence-electron chi connectivity index (χ3n) is 6.75. The van der Waals surface area contributed by atoms with Crippen LogP contribution in [0, 0.1) is 0 Å². The number of piperidine rings is 1. The molecule has 6 rings (SSSR count). The number of carbonyl (C=O) groups is 1. The monoisotopic (exact) mass is 554 g/mol. The van der Waals surface area contributed by atoms with Crippen molar-refractivity contribution in [2.45, 2.75) is 25.9 Å².